The quantitative estimate of drug-likeness (QED) is 0.152. The molecule has 0 fully saturated rings. The topological polar surface area (TPSA) is 52.6 Å². The third-order valence-corrected chi connectivity index (χ3v) is 22.6. The van der Waals surface area contributed by atoms with Crippen molar-refractivity contribution in [1.82, 2.24) is 0 Å². The highest BCUT2D eigenvalue weighted by Crippen LogP contribution is 2.45. The molecule has 0 spiro atoms. The Balaban J connectivity index is 0.000000111. The molecule has 20 rings (SSSR count). The summed E-state index contributed by atoms with van der Waals surface area (Å²) in [4.78, 5) is 0. The van der Waals surface area contributed by atoms with Crippen molar-refractivity contribution in [2.24, 2.45) is 0 Å². The van der Waals surface area contributed by atoms with Gasteiger partial charge in [-0.1, -0.05) is 423 Å². The maximum Gasteiger partial charge on any atom is 0.143 e. The summed E-state index contributed by atoms with van der Waals surface area (Å²) >= 11 is 0. The largest absolute Gasteiger partial charge is 0.455 e. The molecule has 0 radical (unpaired) electrons. The third-order valence-electron chi connectivity index (χ3n) is 22.6. The van der Waals surface area contributed by atoms with Gasteiger partial charge >= 0.3 is 0 Å². The Labute approximate surface area is 681 Å². The van der Waals surface area contributed by atoms with E-state index in [1.165, 1.54) is 132 Å². The Morgan fingerprint density at radius 3 is 0.862 bits per heavy atom. The number of benzene rings is 16. The van der Waals surface area contributed by atoms with Gasteiger partial charge < -0.3 is 17.7 Å². The maximum atomic E-state index is 6.51. The van der Waals surface area contributed by atoms with Crippen molar-refractivity contribution in [3.63, 3.8) is 0 Å². The monoisotopic (exact) mass is 1500 g/mol. The molecule has 4 aromatic heterocycles. The number of para-hydroxylation sites is 5. The zero-order chi connectivity index (χ0) is 80.0. The standard InChI is InChI=1S/4C28H24O/c1-28(2,3)24-13-8-14-25-26(24)23-12-7-11-22(27(23)29-25)21-17-15-20(16-18-21)19-9-5-4-6-10-19;1-28(2,3)25-14-8-13-24-23-12-7-11-22(26(23)29-27(24)25)21-17-15-20(16-18-21)19-9-5-4-6-10-19;1-28(2,3)22-16-17-24-25-11-7-10-23(27(25)29-26(24)18-22)21-14-12-20(13-15-21)19-8-5-4-6-9-19;1-28(2,3)22-16-17-26-25(18-22)24-11-7-10-23(27(24)29-26)21-14-12-20(13-15-21)19-8-5-4-6-9-19/h4*4-18H,1-3H3. The molecule has 20 aromatic rings. The molecular formula is C112H96O4. The molecule has 4 heteroatoms. The van der Waals surface area contributed by atoms with Crippen LogP contribution in [-0.4, -0.2) is 0 Å². The molecule has 0 aliphatic carbocycles. The SMILES string of the molecule is CC(C)(C)c1ccc2c(c1)oc1c(-c3ccc(-c4ccccc4)cc3)cccc12.CC(C)(C)c1ccc2oc3c(-c4ccc(-c5ccccc5)cc4)cccc3c2c1.CC(C)(C)c1cccc2c1oc1c(-c3ccc(-c4ccccc4)cc3)cccc12.CC(C)(C)c1cccc2oc3c(-c4ccc(-c5ccccc5)cc4)cccc3c12. The Morgan fingerprint density at radius 2 is 0.457 bits per heavy atom. The van der Waals surface area contributed by atoms with Crippen LogP contribution in [-0.2, 0) is 21.7 Å². The molecule has 0 bridgehead atoms. The van der Waals surface area contributed by atoms with Crippen LogP contribution in [0.1, 0.15) is 105 Å². The lowest BCUT2D eigenvalue weighted by atomic mass is 9.84. The van der Waals surface area contributed by atoms with Gasteiger partial charge in [-0.15, -0.1) is 0 Å². The molecule has 0 aliphatic rings. The average Bonchev–Trinajstić information content (AvgIpc) is 1.66. The first-order chi connectivity index (χ1) is 56.1. The van der Waals surface area contributed by atoms with Crippen LogP contribution in [0.2, 0.25) is 0 Å². The van der Waals surface area contributed by atoms with Crippen molar-refractivity contribution >= 4 is 87.8 Å². The van der Waals surface area contributed by atoms with Crippen molar-refractivity contribution in [2.75, 3.05) is 0 Å². The van der Waals surface area contributed by atoms with Crippen LogP contribution in [0.3, 0.4) is 0 Å². The smallest absolute Gasteiger partial charge is 0.143 e. The summed E-state index contributed by atoms with van der Waals surface area (Å²) in [5, 5.41) is 9.51. The molecule has 0 aliphatic heterocycles. The minimum absolute atomic E-state index is 0.0326. The predicted octanol–water partition coefficient (Wildman–Crippen LogP) is 32.9. The van der Waals surface area contributed by atoms with E-state index >= 15 is 0 Å². The Kier molecular flexibility index (Phi) is 20.1. The van der Waals surface area contributed by atoms with Gasteiger partial charge in [0, 0.05) is 70.9 Å². The fourth-order valence-electron chi connectivity index (χ4n) is 16.2. The Hall–Kier alpha value is -13.3. The van der Waals surface area contributed by atoms with Gasteiger partial charge in [-0.3, -0.25) is 0 Å². The Morgan fingerprint density at radius 1 is 0.164 bits per heavy atom. The van der Waals surface area contributed by atoms with Crippen LogP contribution >= 0.6 is 0 Å². The fourth-order valence-corrected chi connectivity index (χ4v) is 16.2. The molecule has 116 heavy (non-hydrogen) atoms. The van der Waals surface area contributed by atoms with Crippen LogP contribution in [0.25, 0.3) is 177 Å². The van der Waals surface area contributed by atoms with Crippen molar-refractivity contribution in [1.29, 1.82) is 0 Å². The lowest BCUT2D eigenvalue weighted by molar-refractivity contribution is 0.573. The van der Waals surface area contributed by atoms with E-state index in [0.29, 0.717) is 0 Å². The molecule has 0 saturated carbocycles. The number of hydrogen-bond donors (Lipinski definition) is 0. The highest BCUT2D eigenvalue weighted by Gasteiger charge is 2.26. The van der Waals surface area contributed by atoms with E-state index in [-0.39, 0.29) is 21.7 Å². The minimum Gasteiger partial charge on any atom is -0.455 e. The van der Waals surface area contributed by atoms with Gasteiger partial charge in [-0.2, -0.15) is 0 Å². The highest BCUT2D eigenvalue weighted by atomic mass is 16.3. The highest BCUT2D eigenvalue weighted by molar-refractivity contribution is 6.14. The van der Waals surface area contributed by atoms with Gasteiger partial charge in [0.25, 0.3) is 0 Å². The number of furan rings is 4. The van der Waals surface area contributed by atoms with E-state index in [1.54, 1.807) is 0 Å². The lowest BCUT2D eigenvalue weighted by Crippen LogP contribution is -2.11. The van der Waals surface area contributed by atoms with Gasteiger partial charge in [0.1, 0.15) is 44.7 Å². The van der Waals surface area contributed by atoms with Gasteiger partial charge in [-0.05, 0) is 129 Å². The van der Waals surface area contributed by atoms with Gasteiger partial charge in [0.05, 0.1) is 0 Å². The van der Waals surface area contributed by atoms with Crippen molar-refractivity contribution in [2.45, 2.75) is 105 Å². The van der Waals surface area contributed by atoms with Crippen LogP contribution in [0.4, 0.5) is 0 Å². The second-order valence-electron chi connectivity index (χ2n) is 34.7. The van der Waals surface area contributed by atoms with E-state index in [4.69, 9.17) is 17.7 Å². The molecule has 0 amide bonds. The molecule has 0 unspecified atom stereocenters. The molecule has 4 heterocycles. The molecule has 0 atom stereocenters. The second-order valence-corrected chi connectivity index (χ2v) is 34.7. The van der Waals surface area contributed by atoms with Crippen molar-refractivity contribution < 1.29 is 17.7 Å². The number of rotatable bonds is 8. The number of fused-ring (bicyclic) bond motifs is 12. The number of hydrogen-bond acceptors (Lipinski definition) is 4. The Bertz CT molecular complexity index is 6690. The lowest BCUT2D eigenvalue weighted by Gasteiger charge is -2.19. The molecule has 0 N–H and O–H groups in total. The van der Waals surface area contributed by atoms with Gasteiger partial charge in [0.15, 0.2) is 0 Å². The van der Waals surface area contributed by atoms with E-state index in [9.17, 15) is 0 Å². The average molecular weight is 1510 g/mol. The van der Waals surface area contributed by atoms with Gasteiger partial charge in [0.2, 0.25) is 0 Å². The van der Waals surface area contributed by atoms with Crippen LogP contribution in [0, 0.1) is 0 Å². The summed E-state index contributed by atoms with van der Waals surface area (Å²) in [7, 11) is 0. The predicted molar refractivity (Wildman–Crippen MR) is 493 cm³/mol. The molecule has 4 nitrogen and oxygen atoms in total. The van der Waals surface area contributed by atoms with E-state index in [0.717, 1.165) is 66.9 Å². The van der Waals surface area contributed by atoms with Crippen molar-refractivity contribution in [3.05, 3.63) is 386 Å². The summed E-state index contributed by atoms with van der Waals surface area (Å²) < 4.78 is 25.6. The van der Waals surface area contributed by atoms with Crippen LogP contribution in [0.5, 0.6) is 0 Å². The normalized spacial score (nSPS) is 12.0. The van der Waals surface area contributed by atoms with E-state index in [2.05, 4.69) is 423 Å². The maximum absolute atomic E-state index is 6.51. The summed E-state index contributed by atoms with van der Waals surface area (Å²) in [6, 6.07) is 129. The third kappa shape index (κ3) is 15.2. The molecule has 568 valence electrons. The summed E-state index contributed by atoms with van der Waals surface area (Å²) in [5.41, 5.74) is 32.3. The fraction of sp³-hybridized carbons (Fsp3) is 0.143. The second kappa shape index (κ2) is 30.9. The first kappa shape index (κ1) is 75.4. The zero-order valence-electron chi connectivity index (χ0n) is 68.3. The van der Waals surface area contributed by atoms with E-state index < -0.39 is 0 Å². The zero-order valence-corrected chi connectivity index (χ0v) is 68.3. The first-order valence-electron chi connectivity index (χ1n) is 40.5. The van der Waals surface area contributed by atoms with E-state index in [1.807, 2.05) is 24.3 Å². The summed E-state index contributed by atoms with van der Waals surface area (Å²) in [6.45, 7) is 26.9. The molecule has 0 saturated heterocycles. The van der Waals surface area contributed by atoms with Gasteiger partial charge in [-0.25, -0.2) is 0 Å². The van der Waals surface area contributed by atoms with Crippen LogP contribution in [0.15, 0.2) is 382 Å². The minimum atomic E-state index is 0.0326. The first-order valence-corrected chi connectivity index (χ1v) is 40.5. The van der Waals surface area contributed by atoms with Crippen LogP contribution < -0.4 is 0 Å². The summed E-state index contributed by atoms with van der Waals surface area (Å²) in [5.74, 6) is 0. The molecule has 16 aromatic carbocycles. The van der Waals surface area contributed by atoms with Crippen molar-refractivity contribution in [3.8, 4) is 89.0 Å². The molecular weight excluding hydrogens is 1410 g/mol. The summed E-state index contributed by atoms with van der Waals surface area (Å²) in [6.07, 6.45) is 0.